The Morgan fingerprint density at radius 3 is 2.41 bits per heavy atom. The largest absolute Gasteiger partial charge is 0.241 e. The second kappa shape index (κ2) is 6.03. The van der Waals surface area contributed by atoms with E-state index in [1.807, 2.05) is 31.2 Å². The summed E-state index contributed by atoms with van der Waals surface area (Å²) in [6, 6.07) is 12.4. The SMILES string of the molecule is C=Cn1nc(C)cc1C=C(C#N)c1ccc(C(C)(C)C)cc1. The van der Waals surface area contributed by atoms with Gasteiger partial charge in [0.2, 0.25) is 0 Å². The molecule has 112 valence electrons. The monoisotopic (exact) mass is 291 g/mol. The van der Waals surface area contributed by atoms with Gasteiger partial charge in [-0.1, -0.05) is 51.6 Å². The molecule has 0 saturated heterocycles. The van der Waals surface area contributed by atoms with E-state index in [4.69, 9.17) is 0 Å². The second-order valence-corrected chi connectivity index (χ2v) is 6.33. The number of hydrogen-bond donors (Lipinski definition) is 0. The van der Waals surface area contributed by atoms with E-state index in [9.17, 15) is 5.26 Å². The van der Waals surface area contributed by atoms with Crippen molar-refractivity contribution in [2.24, 2.45) is 0 Å². The number of aryl methyl sites for hydroxylation is 1. The van der Waals surface area contributed by atoms with E-state index in [1.165, 1.54) is 5.56 Å². The van der Waals surface area contributed by atoms with E-state index >= 15 is 0 Å². The number of nitriles is 1. The third-order valence-corrected chi connectivity index (χ3v) is 3.53. The van der Waals surface area contributed by atoms with Crippen LogP contribution in [0.5, 0.6) is 0 Å². The normalized spacial score (nSPS) is 12.0. The quantitative estimate of drug-likeness (QED) is 0.772. The lowest BCUT2D eigenvalue weighted by molar-refractivity contribution is 0.590. The minimum atomic E-state index is 0.105. The van der Waals surface area contributed by atoms with Crippen LogP contribution in [0.1, 0.15) is 43.3 Å². The molecule has 0 fully saturated rings. The fourth-order valence-corrected chi connectivity index (χ4v) is 2.27. The van der Waals surface area contributed by atoms with Crippen LogP contribution in [0.15, 0.2) is 36.9 Å². The standard InChI is InChI=1S/C19H21N3/c1-6-22-18(11-14(2)21-22)12-16(13-20)15-7-9-17(10-8-15)19(3,4)5/h6-12H,1H2,2-5H3. The molecular formula is C19H21N3. The fraction of sp³-hybridized carbons (Fsp3) is 0.263. The van der Waals surface area contributed by atoms with Gasteiger partial charge in [-0.05, 0) is 35.6 Å². The second-order valence-electron chi connectivity index (χ2n) is 6.33. The van der Waals surface area contributed by atoms with E-state index in [0.29, 0.717) is 5.57 Å². The van der Waals surface area contributed by atoms with Crippen LogP contribution in [0.2, 0.25) is 0 Å². The molecule has 0 aliphatic carbocycles. The third-order valence-electron chi connectivity index (χ3n) is 3.53. The molecule has 0 aliphatic rings. The molecular weight excluding hydrogens is 270 g/mol. The fourth-order valence-electron chi connectivity index (χ4n) is 2.27. The van der Waals surface area contributed by atoms with Crippen LogP contribution >= 0.6 is 0 Å². The molecule has 0 saturated carbocycles. The maximum atomic E-state index is 9.47. The summed E-state index contributed by atoms with van der Waals surface area (Å²) in [5, 5.41) is 13.8. The summed E-state index contributed by atoms with van der Waals surface area (Å²) < 4.78 is 1.68. The van der Waals surface area contributed by atoms with Crippen LogP contribution in [0, 0.1) is 18.3 Å². The van der Waals surface area contributed by atoms with Gasteiger partial charge in [0.15, 0.2) is 0 Å². The highest BCUT2D eigenvalue weighted by Gasteiger charge is 2.13. The van der Waals surface area contributed by atoms with E-state index in [-0.39, 0.29) is 5.41 Å². The molecule has 2 aromatic rings. The first-order chi connectivity index (χ1) is 10.3. The van der Waals surface area contributed by atoms with Crippen molar-refractivity contribution < 1.29 is 0 Å². The van der Waals surface area contributed by atoms with Crippen molar-refractivity contribution in [1.82, 2.24) is 9.78 Å². The van der Waals surface area contributed by atoms with Crippen molar-refractivity contribution >= 4 is 17.8 Å². The summed E-state index contributed by atoms with van der Waals surface area (Å²) in [5.41, 5.74) is 4.62. The average molecular weight is 291 g/mol. The number of benzene rings is 1. The molecule has 3 heteroatoms. The van der Waals surface area contributed by atoms with Gasteiger partial charge in [-0.3, -0.25) is 0 Å². The van der Waals surface area contributed by atoms with Gasteiger partial charge < -0.3 is 0 Å². The number of rotatable bonds is 3. The van der Waals surface area contributed by atoms with Gasteiger partial charge in [0.05, 0.1) is 23.0 Å². The first kappa shape index (κ1) is 15.8. The Kier molecular flexibility index (Phi) is 4.32. The minimum absolute atomic E-state index is 0.105. The molecule has 1 heterocycles. The van der Waals surface area contributed by atoms with E-state index in [0.717, 1.165) is 17.0 Å². The van der Waals surface area contributed by atoms with Crippen LogP contribution in [-0.2, 0) is 5.41 Å². The molecule has 0 bridgehead atoms. The van der Waals surface area contributed by atoms with Gasteiger partial charge in [0, 0.05) is 6.20 Å². The van der Waals surface area contributed by atoms with Crippen LogP contribution in [0.4, 0.5) is 0 Å². The topological polar surface area (TPSA) is 41.6 Å². The summed E-state index contributed by atoms with van der Waals surface area (Å²) in [6.45, 7) is 12.2. The van der Waals surface area contributed by atoms with Crippen LogP contribution in [-0.4, -0.2) is 9.78 Å². The lowest BCUT2D eigenvalue weighted by Gasteiger charge is -2.19. The Bertz CT molecular complexity index is 747. The van der Waals surface area contributed by atoms with Crippen molar-refractivity contribution in [3.8, 4) is 6.07 Å². The smallest absolute Gasteiger partial charge is 0.0998 e. The zero-order valence-corrected chi connectivity index (χ0v) is 13.6. The summed E-state index contributed by atoms with van der Waals surface area (Å²) in [6.07, 6.45) is 3.48. The van der Waals surface area contributed by atoms with E-state index < -0.39 is 0 Å². The van der Waals surface area contributed by atoms with Gasteiger partial charge >= 0.3 is 0 Å². The summed E-state index contributed by atoms with van der Waals surface area (Å²) in [4.78, 5) is 0. The molecule has 2 rings (SSSR count). The third kappa shape index (κ3) is 3.35. The van der Waals surface area contributed by atoms with Crippen LogP contribution in [0.3, 0.4) is 0 Å². The van der Waals surface area contributed by atoms with Gasteiger partial charge in [-0.2, -0.15) is 10.4 Å². The van der Waals surface area contributed by atoms with Gasteiger partial charge in [-0.25, -0.2) is 4.68 Å². The van der Waals surface area contributed by atoms with Gasteiger partial charge in [0.25, 0.3) is 0 Å². The van der Waals surface area contributed by atoms with Gasteiger partial charge in [0.1, 0.15) is 0 Å². The Hall–Kier alpha value is -2.60. The predicted octanol–water partition coefficient (Wildman–Crippen LogP) is 4.65. The van der Waals surface area contributed by atoms with E-state index in [2.05, 4.69) is 50.7 Å². The first-order valence-corrected chi connectivity index (χ1v) is 7.26. The Morgan fingerprint density at radius 1 is 1.27 bits per heavy atom. The number of hydrogen-bond acceptors (Lipinski definition) is 2. The Labute approximate surface area is 132 Å². The number of aromatic nitrogens is 2. The molecule has 0 unspecified atom stereocenters. The highest BCUT2D eigenvalue weighted by atomic mass is 15.3. The molecule has 0 spiro atoms. The van der Waals surface area contributed by atoms with Crippen molar-refractivity contribution in [2.45, 2.75) is 33.1 Å². The lowest BCUT2D eigenvalue weighted by Crippen LogP contribution is -2.10. The highest BCUT2D eigenvalue weighted by molar-refractivity contribution is 5.89. The molecule has 1 aromatic carbocycles. The van der Waals surface area contributed by atoms with Gasteiger partial charge in [-0.15, -0.1) is 0 Å². The van der Waals surface area contributed by atoms with Crippen LogP contribution < -0.4 is 0 Å². The maximum absolute atomic E-state index is 9.47. The summed E-state index contributed by atoms with van der Waals surface area (Å²) >= 11 is 0. The summed E-state index contributed by atoms with van der Waals surface area (Å²) in [7, 11) is 0. The molecule has 0 atom stereocenters. The maximum Gasteiger partial charge on any atom is 0.0998 e. The zero-order chi connectivity index (χ0) is 16.3. The number of nitrogens with zero attached hydrogens (tertiary/aromatic N) is 3. The minimum Gasteiger partial charge on any atom is -0.241 e. The highest BCUT2D eigenvalue weighted by Crippen LogP contribution is 2.25. The van der Waals surface area contributed by atoms with Crippen molar-refractivity contribution in [3.63, 3.8) is 0 Å². The Morgan fingerprint density at radius 2 is 1.91 bits per heavy atom. The molecule has 0 aliphatic heterocycles. The molecule has 22 heavy (non-hydrogen) atoms. The molecule has 0 radical (unpaired) electrons. The average Bonchev–Trinajstić information content (AvgIpc) is 2.84. The summed E-state index contributed by atoms with van der Waals surface area (Å²) in [5.74, 6) is 0. The lowest BCUT2D eigenvalue weighted by atomic mass is 9.86. The first-order valence-electron chi connectivity index (χ1n) is 7.26. The van der Waals surface area contributed by atoms with E-state index in [1.54, 1.807) is 10.9 Å². The number of allylic oxidation sites excluding steroid dienone is 1. The molecule has 0 amide bonds. The van der Waals surface area contributed by atoms with Crippen molar-refractivity contribution in [1.29, 1.82) is 5.26 Å². The van der Waals surface area contributed by atoms with Crippen LogP contribution in [0.25, 0.3) is 17.8 Å². The molecule has 0 N–H and O–H groups in total. The predicted molar refractivity (Wildman–Crippen MR) is 92.0 cm³/mol. The molecule has 1 aromatic heterocycles. The Balaban J connectivity index is 2.42. The van der Waals surface area contributed by atoms with Crippen molar-refractivity contribution in [3.05, 3.63) is 59.4 Å². The van der Waals surface area contributed by atoms with Crippen molar-refractivity contribution in [2.75, 3.05) is 0 Å². The molecule has 3 nitrogen and oxygen atoms in total. The zero-order valence-electron chi connectivity index (χ0n) is 13.6.